The van der Waals surface area contributed by atoms with Gasteiger partial charge in [-0.3, -0.25) is 0 Å². The normalized spacial score (nSPS) is 10.5. The summed E-state index contributed by atoms with van der Waals surface area (Å²) in [6.07, 6.45) is 0. The van der Waals surface area contributed by atoms with Gasteiger partial charge < -0.3 is 19.9 Å². The Labute approximate surface area is 185 Å². The van der Waals surface area contributed by atoms with Crippen LogP contribution >= 0.6 is 23.2 Å². The predicted molar refractivity (Wildman–Crippen MR) is 119 cm³/mol. The van der Waals surface area contributed by atoms with Gasteiger partial charge in [-0.25, -0.2) is 4.79 Å². The van der Waals surface area contributed by atoms with Crippen LogP contribution in [0, 0.1) is 0 Å². The fraction of sp³-hybridized carbons (Fsp3) is 0.174. The highest BCUT2D eigenvalue weighted by Crippen LogP contribution is 2.35. The van der Waals surface area contributed by atoms with Crippen molar-refractivity contribution in [1.82, 2.24) is 0 Å². The number of ether oxygens (including phenoxy) is 2. The number of carboxylic acids is 1. The molecule has 0 aliphatic rings. The zero-order chi connectivity index (χ0) is 21.5. The molecule has 0 saturated heterocycles. The molecule has 5 nitrogen and oxygen atoms in total. The van der Waals surface area contributed by atoms with Crippen molar-refractivity contribution < 1.29 is 19.4 Å². The third-order valence-electron chi connectivity index (χ3n) is 4.33. The zero-order valence-corrected chi connectivity index (χ0v) is 17.8. The van der Waals surface area contributed by atoms with E-state index in [-0.39, 0.29) is 10.6 Å². The van der Waals surface area contributed by atoms with E-state index in [0.29, 0.717) is 42.0 Å². The first-order valence-electron chi connectivity index (χ1n) is 9.36. The number of rotatable bonds is 9. The highest BCUT2D eigenvalue weighted by atomic mass is 35.5. The topological polar surface area (TPSA) is 67.8 Å². The van der Waals surface area contributed by atoms with E-state index in [2.05, 4.69) is 5.32 Å². The number of carboxylic acid groups (broad SMARTS) is 1. The van der Waals surface area contributed by atoms with Crippen LogP contribution < -0.4 is 14.8 Å². The Hall–Kier alpha value is -2.89. The van der Waals surface area contributed by atoms with E-state index in [4.69, 9.17) is 37.8 Å². The summed E-state index contributed by atoms with van der Waals surface area (Å²) in [6.45, 7) is 3.20. The maximum Gasteiger partial charge on any atom is 0.337 e. The van der Waals surface area contributed by atoms with Gasteiger partial charge in [0.05, 0.1) is 17.2 Å². The summed E-state index contributed by atoms with van der Waals surface area (Å²) >= 11 is 12.5. The summed E-state index contributed by atoms with van der Waals surface area (Å²) in [7, 11) is 0. The molecule has 3 aromatic carbocycles. The molecule has 3 aromatic rings. The highest BCUT2D eigenvalue weighted by Gasteiger charge is 2.13. The minimum absolute atomic E-state index is 0.0544. The highest BCUT2D eigenvalue weighted by molar-refractivity contribution is 6.33. The van der Waals surface area contributed by atoms with Crippen molar-refractivity contribution in [3.8, 4) is 11.5 Å². The minimum Gasteiger partial charge on any atom is -0.490 e. The lowest BCUT2D eigenvalue weighted by atomic mass is 10.1. The Kier molecular flexibility index (Phi) is 7.44. The van der Waals surface area contributed by atoms with E-state index in [0.717, 1.165) is 11.1 Å². The Morgan fingerprint density at radius 1 is 0.967 bits per heavy atom. The summed E-state index contributed by atoms with van der Waals surface area (Å²) in [5.74, 6) is 0.110. The van der Waals surface area contributed by atoms with E-state index in [1.807, 2.05) is 43.3 Å². The first-order chi connectivity index (χ1) is 14.5. The quantitative estimate of drug-likeness (QED) is 0.405. The summed E-state index contributed by atoms with van der Waals surface area (Å²) in [4.78, 5) is 11.1. The summed E-state index contributed by atoms with van der Waals surface area (Å²) in [6, 6.07) is 18.1. The lowest BCUT2D eigenvalue weighted by molar-refractivity contribution is 0.0697. The fourth-order valence-corrected chi connectivity index (χ4v) is 3.31. The second-order valence-corrected chi connectivity index (χ2v) is 7.27. The van der Waals surface area contributed by atoms with Gasteiger partial charge in [-0.05, 0) is 42.3 Å². The Balaban J connectivity index is 1.74. The van der Waals surface area contributed by atoms with Crippen molar-refractivity contribution in [2.24, 2.45) is 0 Å². The van der Waals surface area contributed by atoms with Gasteiger partial charge in [0.2, 0.25) is 0 Å². The van der Waals surface area contributed by atoms with Crippen molar-refractivity contribution in [2.45, 2.75) is 20.1 Å². The van der Waals surface area contributed by atoms with Crippen LogP contribution in [0.25, 0.3) is 0 Å². The van der Waals surface area contributed by atoms with Crippen LogP contribution in [-0.2, 0) is 13.2 Å². The van der Waals surface area contributed by atoms with Crippen molar-refractivity contribution in [3.05, 3.63) is 87.4 Å². The van der Waals surface area contributed by atoms with Gasteiger partial charge in [0.25, 0.3) is 0 Å². The molecular formula is C23H21Cl2NO4. The lowest BCUT2D eigenvalue weighted by Gasteiger charge is -2.16. The monoisotopic (exact) mass is 445 g/mol. The first-order valence-corrected chi connectivity index (χ1v) is 10.1. The van der Waals surface area contributed by atoms with Gasteiger partial charge in [-0.2, -0.15) is 0 Å². The third kappa shape index (κ3) is 5.59. The van der Waals surface area contributed by atoms with Gasteiger partial charge in [0.1, 0.15) is 6.61 Å². The zero-order valence-electron chi connectivity index (χ0n) is 16.3. The van der Waals surface area contributed by atoms with Crippen LogP contribution in [0.3, 0.4) is 0 Å². The standard InChI is InChI=1S/C23H21Cl2NO4/c1-2-29-21-10-16(13-26-17-8-9-18(23(27)28)20(25)11-17)19(24)12-22(21)30-14-15-6-4-3-5-7-15/h3-12,26H,2,13-14H2,1H3,(H,27,28). The molecule has 0 atom stereocenters. The summed E-state index contributed by atoms with van der Waals surface area (Å²) in [5, 5.41) is 13.0. The molecule has 30 heavy (non-hydrogen) atoms. The van der Waals surface area contributed by atoms with Gasteiger partial charge in [-0.1, -0.05) is 53.5 Å². The number of aromatic carboxylic acids is 1. The number of hydrogen-bond donors (Lipinski definition) is 2. The average molecular weight is 446 g/mol. The molecule has 0 radical (unpaired) electrons. The molecule has 0 amide bonds. The van der Waals surface area contributed by atoms with Gasteiger partial charge in [-0.15, -0.1) is 0 Å². The lowest BCUT2D eigenvalue weighted by Crippen LogP contribution is -2.05. The molecule has 3 rings (SSSR count). The Morgan fingerprint density at radius 3 is 2.37 bits per heavy atom. The molecule has 0 fully saturated rings. The molecule has 0 unspecified atom stereocenters. The smallest absolute Gasteiger partial charge is 0.337 e. The van der Waals surface area contributed by atoms with Crippen molar-refractivity contribution in [2.75, 3.05) is 11.9 Å². The number of halogens is 2. The minimum atomic E-state index is -1.07. The van der Waals surface area contributed by atoms with Crippen molar-refractivity contribution in [1.29, 1.82) is 0 Å². The van der Waals surface area contributed by atoms with E-state index >= 15 is 0 Å². The average Bonchev–Trinajstić information content (AvgIpc) is 2.73. The fourth-order valence-electron chi connectivity index (χ4n) is 2.82. The van der Waals surface area contributed by atoms with Crippen LogP contribution in [0.15, 0.2) is 60.7 Å². The molecule has 0 aliphatic heterocycles. The maximum atomic E-state index is 11.1. The van der Waals surface area contributed by atoms with E-state index < -0.39 is 5.97 Å². The SMILES string of the molecule is CCOc1cc(CNc2ccc(C(=O)O)c(Cl)c2)c(Cl)cc1OCc1ccccc1. The summed E-state index contributed by atoms with van der Waals surface area (Å²) in [5.41, 5.74) is 2.59. The van der Waals surface area contributed by atoms with Crippen LogP contribution in [-0.4, -0.2) is 17.7 Å². The molecule has 0 aliphatic carbocycles. The molecule has 0 heterocycles. The molecule has 0 bridgehead atoms. The number of anilines is 1. The molecular weight excluding hydrogens is 425 g/mol. The first kappa shape index (κ1) is 21.8. The maximum absolute atomic E-state index is 11.1. The second kappa shape index (κ2) is 10.2. The van der Waals surface area contributed by atoms with Crippen LogP contribution in [0.1, 0.15) is 28.4 Å². The van der Waals surface area contributed by atoms with E-state index in [1.165, 1.54) is 6.07 Å². The molecule has 0 aromatic heterocycles. The molecule has 0 saturated carbocycles. The number of nitrogens with one attached hydrogen (secondary N) is 1. The van der Waals surface area contributed by atoms with Gasteiger partial charge in [0.15, 0.2) is 11.5 Å². The number of hydrogen-bond acceptors (Lipinski definition) is 4. The van der Waals surface area contributed by atoms with Crippen molar-refractivity contribution >= 4 is 34.9 Å². The molecule has 156 valence electrons. The summed E-state index contributed by atoms with van der Waals surface area (Å²) < 4.78 is 11.7. The van der Waals surface area contributed by atoms with Crippen LogP contribution in [0.2, 0.25) is 10.0 Å². The van der Waals surface area contributed by atoms with E-state index in [1.54, 1.807) is 18.2 Å². The van der Waals surface area contributed by atoms with Gasteiger partial charge >= 0.3 is 5.97 Å². The van der Waals surface area contributed by atoms with Crippen LogP contribution in [0.4, 0.5) is 5.69 Å². The Bertz CT molecular complexity index is 1030. The van der Waals surface area contributed by atoms with Crippen LogP contribution in [0.5, 0.6) is 11.5 Å². The largest absolute Gasteiger partial charge is 0.490 e. The van der Waals surface area contributed by atoms with Gasteiger partial charge in [0, 0.05) is 23.3 Å². The Morgan fingerprint density at radius 2 is 1.70 bits per heavy atom. The number of benzene rings is 3. The number of carbonyl (C=O) groups is 1. The molecule has 7 heteroatoms. The van der Waals surface area contributed by atoms with E-state index in [9.17, 15) is 4.79 Å². The third-order valence-corrected chi connectivity index (χ3v) is 5.00. The molecule has 0 spiro atoms. The molecule has 2 N–H and O–H groups in total. The van der Waals surface area contributed by atoms with Crippen molar-refractivity contribution in [3.63, 3.8) is 0 Å². The second-order valence-electron chi connectivity index (χ2n) is 6.45. The predicted octanol–water partition coefficient (Wildman–Crippen LogP) is 6.28.